The van der Waals surface area contributed by atoms with Crippen molar-refractivity contribution in [1.82, 2.24) is 24.6 Å². The molecule has 0 radical (unpaired) electrons. The van der Waals surface area contributed by atoms with Crippen molar-refractivity contribution in [3.05, 3.63) is 76.7 Å². The molecule has 0 bridgehead atoms. The van der Waals surface area contributed by atoms with Gasteiger partial charge in [0.05, 0.1) is 16.9 Å². The highest BCUT2D eigenvalue weighted by Gasteiger charge is 2.19. The van der Waals surface area contributed by atoms with Crippen molar-refractivity contribution >= 4 is 34.7 Å². The SMILES string of the molecule is Cc1cc(Nc2nccn3c(-c4ccc(Cl)c(F)c4F)cnc23)ccc1C(=O)NCCC1CCN(C)CC1. The van der Waals surface area contributed by atoms with Crippen LogP contribution in [0.15, 0.2) is 48.9 Å². The number of piperidine rings is 1. The van der Waals surface area contributed by atoms with Crippen LogP contribution in [0.4, 0.5) is 20.3 Å². The molecule has 5 rings (SSSR count). The monoisotopic (exact) mass is 538 g/mol. The first-order chi connectivity index (χ1) is 18.3. The van der Waals surface area contributed by atoms with Crippen molar-refractivity contribution < 1.29 is 13.6 Å². The van der Waals surface area contributed by atoms with Gasteiger partial charge in [-0.05, 0) is 88.1 Å². The topological polar surface area (TPSA) is 74.6 Å². The minimum atomic E-state index is -1.10. The first kappa shape index (κ1) is 26.1. The minimum Gasteiger partial charge on any atom is -0.352 e. The molecule has 0 unspecified atom stereocenters. The normalized spacial score (nSPS) is 14.7. The van der Waals surface area contributed by atoms with Crippen LogP contribution < -0.4 is 10.6 Å². The van der Waals surface area contributed by atoms with Crippen LogP contribution >= 0.6 is 11.6 Å². The van der Waals surface area contributed by atoms with Gasteiger partial charge >= 0.3 is 0 Å². The van der Waals surface area contributed by atoms with Crippen molar-refractivity contribution in [1.29, 1.82) is 0 Å². The summed E-state index contributed by atoms with van der Waals surface area (Å²) in [5.74, 6) is -1.14. The number of benzene rings is 2. The molecule has 1 amide bonds. The van der Waals surface area contributed by atoms with E-state index < -0.39 is 11.6 Å². The Morgan fingerprint density at radius 2 is 1.92 bits per heavy atom. The molecule has 4 aromatic rings. The fraction of sp³-hybridized carbons (Fsp3) is 0.321. The van der Waals surface area contributed by atoms with E-state index in [1.165, 1.54) is 31.2 Å². The maximum absolute atomic E-state index is 14.6. The number of halogens is 3. The minimum absolute atomic E-state index is 0.0404. The Bertz CT molecular complexity index is 1480. The van der Waals surface area contributed by atoms with Gasteiger partial charge in [-0.15, -0.1) is 0 Å². The van der Waals surface area contributed by atoms with Crippen LogP contribution in [0.5, 0.6) is 0 Å². The molecule has 198 valence electrons. The molecule has 2 N–H and O–H groups in total. The van der Waals surface area contributed by atoms with Gasteiger partial charge in [0, 0.05) is 35.8 Å². The molecule has 0 aliphatic carbocycles. The Kier molecular flexibility index (Phi) is 7.58. The highest BCUT2D eigenvalue weighted by molar-refractivity contribution is 6.30. The van der Waals surface area contributed by atoms with Crippen molar-refractivity contribution in [3.63, 3.8) is 0 Å². The summed E-state index contributed by atoms with van der Waals surface area (Å²) in [6, 6.07) is 8.19. The average molecular weight is 539 g/mol. The molecule has 1 aliphatic heterocycles. The molecule has 0 saturated carbocycles. The van der Waals surface area contributed by atoms with E-state index >= 15 is 0 Å². The molecule has 7 nitrogen and oxygen atoms in total. The van der Waals surface area contributed by atoms with Gasteiger partial charge in [-0.2, -0.15) is 0 Å². The lowest BCUT2D eigenvalue weighted by Gasteiger charge is -2.28. The zero-order chi connectivity index (χ0) is 26.8. The Morgan fingerprint density at radius 3 is 2.68 bits per heavy atom. The summed E-state index contributed by atoms with van der Waals surface area (Å²) < 4.78 is 30.2. The van der Waals surface area contributed by atoms with Gasteiger partial charge < -0.3 is 15.5 Å². The maximum atomic E-state index is 14.6. The summed E-state index contributed by atoms with van der Waals surface area (Å²) in [5.41, 5.74) is 3.00. The number of carbonyl (C=O) groups is 1. The number of rotatable bonds is 7. The molecular formula is C28H29ClF2N6O. The van der Waals surface area contributed by atoms with Crippen molar-refractivity contribution in [2.24, 2.45) is 5.92 Å². The van der Waals surface area contributed by atoms with Gasteiger partial charge in [0.1, 0.15) is 0 Å². The van der Waals surface area contributed by atoms with Gasteiger partial charge in [-0.25, -0.2) is 18.7 Å². The van der Waals surface area contributed by atoms with Crippen LogP contribution in [-0.4, -0.2) is 51.9 Å². The average Bonchev–Trinajstić information content (AvgIpc) is 3.33. The molecule has 10 heteroatoms. The second-order valence-corrected chi connectivity index (χ2v) is 10.2. The molecule has 2 aromatic heterocycles. The van der Waals surface area contributed by atoms with Crippen LogP contribution in [-0.2, 0) is 0 Å². The standard InChI is InChI=1S/C28H29ClF2N6O/c1-17-15-19(3-4-20(17)28(38)33-10-7-18-8-12-36(2)13-9-18)35-26-27-34-16-23(37(27)14-11-32-26)21-5-6-22(29)25(31)24(21)30/h3-6,11,14-16,18H,7-10,12-13H2,1-2H3,(H,32,35)(H,33,38). The molecule has 1 aliphatic rings. The third-order valence-electron chi connectivity index (χ3n) is 7.15. The van der Waals surface area contributed by atoms with E-state index in [0.29, 0.717) is 35.2 Å². The number of amides is 1. The van der Waals surface area contributed by atoms with Crippen molar-refractivity contribution in [2.75, 3.05) is 32.0 Å². The van der Waals surface area contributed by atoms with Gasteiger partial charge in [-0.1, -0.05) is 11.6 Å². The summed E-state index contributed by atoms with van der Waals surface area (Å²) in [7, 11) is 2.15. The number of aryl methyl sites for hydroxylation is 1. The van der Waals surface area contributed by atoms with Gasteiger partial charge in [0.15, 0.2) is 23.1 Å². The highest BCUT2D eigenvalue weighted by atomic mass is 35.5. The number of nitrogens with one attached hydrogen (secondary N) is 2. The summed E-state index contributed by atoms with van der Waals surface area (Å²) in [6.07, 6.45) is 7.97. The summed E-state index contributed by atoms with van der Waals surface area (Å²) in [5, 5.41) is 6.00. The molecule has 1 saturated heterocycles. The number of hydrogen-bond acceptors (Lipinski definition) is 5. The second-order valence-electron chi connectivity index (χ2n) is 9.78. The van der Waals surface area contributed by atoms with E-state index in [1.54, 1.807) is 22.9 Å². The Morgan fingerprint density at radius 1 is 1.13 bits per heavy atom. The molecule has 1 fully saturated rings. The second kappa shape index (κ2) is 11.0. The first-order valence-corrected chi connectivity index (χ1v) is 13.0. The van der Waals surface area contributed by atoms with E-state index in [2.05, 4.69) is 32.5 Å². The number of aromatic nitrogens is 3. The van der Waals surface area contributed by atoms with Crippen LogP contribution in [0.2, 0.25) is 5.02 Å². The highest BCUT2D eigenvalue weighted by Crippen LogP contribution is 2.31. The van der Waals surface area contributed by atoms with Gasteiger partial charge in [0.25, 0.3) is 5.91 Å². The molecule has 0 spiro atoms. The fourth-order valence-corrected chi connectivity index (χ4v) is 5.05. The smallest absolute Gasteiger partial charge is 0.251 e. The number of likely N-dealkylation sites (tertiary alicyclic amines) is 1. The van der Waals surface area contributed by atoms with Crippen LogP contribution in [0, 0.1) is 24.5 Å². The Labute approximate surface area is 224 Å². The number of imidazole rings is 1. The van der Waals surface area contributed by atoms with E-state index in [9.17, 15) is 13.6 Å². The lowest BCUT2D eigenvalue weighted by molar-refractivity contribution is 0.0948. The van der Waals surface area contributed by atoms with E-state index in [0.717, 1.165) is 30.8 Å². The van der Waals surface area contributed by atoms with Gasteiger partial charge in [-0.3, -0.25) is 9.20 Å². The molecule has 0 atom stereocenters. The number of anilines is 2. The van der Waals surface area contributed by atoms with E-state index in [-0.39, 0.29) is 16.5 Å². The number of fused-ring (bicyclic) bond motifs is 1. The summed E-state index contributed by atoms with van der Waals surface area (Å²) in [6.45, 7) is 4.78. The first-order valence-electron chi connectivity index (χ1n) is 12.6. The zero-order valence-electron chi connectivity index (χ0n) is 21.3. The lowest BCUT2D eigenvalue weighted by atomic mass is 9.94. The fourth-order valence-electron chi connectivity index (χ4n) is 4.90. The molecule has 3 heterocycles. The largest absolute Gasteiger partial charge is 0.352 e. The predicted octanol–water partition coefficient (Wildman–Crippen LogP) is 5.84. The third kappa shape index (κ3) is 5.35. The van der Waals surface area contributed by atoms with Gasteiger partial charge in [0.2, 0.25) is 0 Å². The number of hydrogen-bond donors (Lipinski definition) is 2. The maximum Gasteiger partial charge on any atom is 0.251 e. The van der Waals surface area contributed by atoms with E-state index in [4.69, 9.17) is 11.6 Å². The van der Waals surface area contributed by atoms with Crippen LogP contribution in [0.3, 0.4) is 0 Å². The summed E-state index contributed by atoms with van der Waals surface area (Å²) in [4.78, 5) is 23.9. The zero-order valence-corrected chi connectivity index (χ0v) is 22.0. The predicted molar refractivity (Wildman–Crippen MR) is 145 cm³/mol. The Hall–Kier alpha value is -3.56. The lowest BCUT2D eigenvalue weighted by Crippen LogP contribution is -2.32. The van der Waals surface area contributed by atoms with E-state index in [1.807, 2.05) is 19.1 Å². The molecular weight excluding hydrogens is 510 g/mol. The van der Waals surface area contributed by atoms with Crippen LogP contribution in [0.25, 0.3) is 16.9 Å². The molecule has 2 aromatic carbocycles. The number of nitrogens with zero attached hydrogens (tertiary/aromatic N) is 4. The van der Waals surface area contributed by atoms with Crippen molar-refractivity contribution in [2.45, 2.75) is 26.2 Å². The van der Waals surface area contributed by atoms with Crippen molar-refractivity contribution in [3.8, 4) is 11.3 Å². The quantitative estimate of drug-likeness (QED) is 0.289. The molecule has 38 heavy (non-hydrogen) atoms. The summed E-state index contributed by atoms with van der Waals surface area (Å²) >= 11 is 5.70. The van der Waals surface area contributed by atoms with Crippen LogP contribution in [0.1, 0.15) is 35.2 Å². The number of carbonyl (C=O) groups excluding carboxylic acids is 1. The Balaban J connectivity index is 1.29. The third-order valence-corrected chi connectivity index (χ3v) is 7.44.